The van der Waals surface area contributed by atoms with E-state index in [0.717, 1.165) is 48.1 Å². The van der Waals surface area contributed by atoms with Gasteiger partial charge in [0, 0.05) is 16.1 Å². The summed E-state index contributed by atoms with van der Waals surface area (Å²) in [6, 6.07) is 13.4. The number of aryl methyl sites for hydroxylation is 4. The van der Waals surface area contributed by atoms with Crippen LogP contribution in [0.15, 0.2) is 42.5 Å². The third-order valence-electron chi connectivity index (χ3n) is 5.70. The highest BCUT2D eigenvalue weighted by Crippen LogP contribution is 2.38. The Hall–Kier alpha value is -2.92. The summed E-state index contributed by atoms with van der Waals surface area (Å²) < 4.78 is 0. The summed E-state index contributed by atoms with van der Waals surface area (Å²) in [5.74, 6) is -0.342. The number of thiophene rings is 1. The average Bonchev–Trinajstić information content (AvgIpc) is 3.09. The lowest BCUT2D eigenvalue weighted by Gasteiger charge is -2.14. The lowest BCUT2D eigenvalue weighted by molar-refractivity contribution is 0.102. The van der Waals surface area contributed by atoms with E-state index < -0.39 is 0 Å². The Kier molecular flexibility index (Phi) is 5.73. The molecule has 0 saturated heterocycles. The molecule has 1 heterocycles. The Morgan fingerprint density at radius 1 is 0.833 bits per heavy atom. The molecular formula is C25H26N2O2S. The van der Waals surface area contributed by atoms with Gasteiger partial charge in [0.25, 0.3) is 11.8 Å². The first-order valence-electron chi connectivity index (χ1n) is 10.3. The fourth-order valence-corrected chi connectivity index (χ4v) is 5.07. The molecule has 0 radical (unpaired) electrons. The number of amides is 2. The molecule has 2 N–H and O–H groups in total. The molecule has 4 nitrogen and oxygen atoms in total. The second kappa shape index (κ2) is 8.44. The molecule has 1 aromatic heterocycles. The predicted molar refractivity (Wildman–Crippen MR) is 124 cm³/mol. The van der Waals surface area contributed by atoms with Crippen LogP contribution in [0, 0.1) is 20.8 Å². The summed E-state index contributed by atoms with van der Waals surface area (Å²) in [5.41, 5.74) is 6.49. The zero-order valence-corrected chi connectivity index (χ0v) is 18.4. The topological polar surface area (TPSA) is 58.2 Å². The molecule has 0 fully saturated rings. The van der Waals surface area contributed by atoms with E-state index >= 15 is 0 Å². The summed E-state index contributed by atoms with van der Waals surface area (Å²) in [5, 5.41) is 6.70. The van der Waals surface area contributed by atoms with Gasteiger partial charge in [0.1, 0.15) is 5.00 Å². The van der Waals surface area contributed by atoms with Crippen molar-refractivity contribution in [3.05, 3.63) is 80.7 Å². The maximum absolute atomic E-state index is 13.3. The van der Waals surface area contributed by atoms with Crippen LogP contribution in [0.25, 0.3) is 0 Å². The Morgan fingerprint density at radius 3 is 2.30 bits per heavy atom. The maximum Gasteiger partial charge on any atom is 0.258 e. The molecule has 1 aliphatic rings. The first kappa shape index (κ1) is 20.4. The van der Waals surface area contributed by atoms with Gasteiger partial charge in [-0.15, -0.1) is 11.3 Å². The molecule has 0 unspecified atom stereocenters. The van der Waals surface area contributed by atoms with Crippen molar-refractivity contribution in [1.82, 2.24) is 0 Å². The van der Waals surface area contributed by atoms with Gasteiger partial charge in [0.2, 0.25) is 0 Å². The molecule has 0 atom stereocenters. The van der Waals surface area contributed by atoms with Crippen molar-refractivity contribution < 1.29 is 9.59 Å². The normalized spacial score (nSPS) is 12.9. The van der Waals surface area contributed by atoms with E-state index in [1.54, 1.807) is 0 Å². The first-order chi connectivity index (χ1) is 14.4. The van der Waals surface area contributed by atoms with Crippen LogP contribution in [0.2, 0.25) is 0 Å². The van der Waals surface area contributed by atoms with Gasteiger partial charge in [-0.3, -0.25) is 9.59 Å². The van der Waals surface area contributed by atoms with E-state index in [-0.39, 0.29) is 11.8 Å². The minimum absolute atomic E-state index is 0.156. The van der Waals surface area contributed by atoms with Gasteiger partial charge < -0.3 is 10.6 Å². The van der Waals surface area contributed by atoms with Crippen LogP contribution < -0.4 is 10.6 Å². The van der Waals surface area contributed by atoms with Crippen LogP contribution in [-0.2, 0) is 12.8 Å². The molecular weight excluding hydrogens is 392 g/mol. The second-order valence-electron chi connectivity index (χ2n) is 7.99. The van der Waals surface area contributed by atoms with E-state index in [1.807, 2.05) is 56.3 Å². The lowest BCUT2D eigenvalue weighted by atomic mass is 9.95. The molecule has 0 aliphatic heterocycles. The summed E-state index contributed by atoms with van der Waals surface area (Å²) in [6.07, 6.45) is 4.03. The van der Waals surface area contributed by atoms with Crippen molar-refractivity contribution in [3.8, 4) is 0 Å². The Morgan fingerprint density at radius 2 is 1.57 bits per heavy atom. The maximum atomic E-state index is 13.3. The quantitative estimate of drug-likeness (QED) is 0.541. The number of hydrogen-bond donors (Lipinski definition) is 2. The van der Waals surface area contributed by atoms with Crippen LogP contribution in [0.5, 0.6) is 0 Å². The van der Waals surface area contributed by atoms with Gasteiger partial charge in [-0.2, -0.15) is 0 Å². The Bertz CT molecular complexity index is 1110. The Labute approximate surface area is 181 Å². The number of fused-ring (bicyclic) bond motifs is 1. The number of carbonyl (C=O) groups excluding carboxylic acids is 2. The number of anilines is 2. The Balaban J connectivity index is 1.64. The highest BCUT2D eigenvalue weighted by molar-refractivity contribution is 7.17. The molecule has 1 aliphatic carbocycles. The van der Waals surface area contributed by atoms with Gasteiger partial charge in [0.05, 0.1) is 5.56 Å². The smallest absolute Gasteiger partial charge is 0.258 e. The number of benzene rings is 2. The third kappa shape index (κ3) is 4.17. The molecule has 0 saturated carbocycles. The van der Waals surface area contributed by atoms with Gasteiger partial charge >= 0.3 is 0 Å². The van der Waals surface area contributed by atoms with Gasteiger partial charge in [-0.25, -0.2) is 0 Å². The summed E-state index contributed by atoms with van der Waals surface area (Å²) in [7, 11) is 0. The molecule has 4 rings (SSSR count). The molecule has 3 aromatic rings. The summed E-state index contributed by atoms with van der Waals surface area (Å²) in [6.45, 7) is 6.07. The molecule has 5 heteroatoms. The van der Waals surface area contributed by atoms with Crippen molar-refractivity contribution in [1.29, 1.82) is 0 Å². The zero-order chi connectivity index (χ0) is 21.3. The second-order valence-corrected chi connectivity index (χ2v) is 9.09. The monoisotopic (exact) mass is 418 g/mol. The lowest BCUT2D eigenvalue weighted by Crippen LogP contribution is -2.18. The van der Waals surface area contributed by atoms with E-state index in [0.29, 0.717) is 16.1 Å². The van der Waals surface area contributed by atoms with E-state index in [1.165, 1.54) is 21.8 Å². The van der Waals surface area contributed by atoms with E-state index in [9.17, 15) is 9.59 Å². The molecule has 0 spiro atoms. The number of nitrogens with one attached hydrogen (secondary N) is 2. The fourth-order valence-electron chi connectivity index (χ4n) is 3.79. The van der Waals surface area contributed by atoms with Gasteiger partial charge in [-0.05, 0) is 87.4 Å². The average molecular weight is 419 g/mol. The molecule has 2 amide bonds. The largest absolute Gasteiger partial charge is 0.322 e. The summed E-state index contributed by atoms with van der Waals surface area (Å²) >= 11 is 1.54. The van der Waals surface area contributed by atoms with E-state index in [2.05, 4.69) is 17.6 Å². The number of hydrogen-bond acceptors (Lipinski definition) is 3. The van der Waals surface area contributed by atoms with Crippen LogP contribution in [0.3, 0.4) is 0 Å². The molecule has 0 bridgehead atoms. The predicted octanol–water partition coefficient (Wildman–Crippen LogP) is 6.06. The van der Waals surface area contributed by atoms with Crippen LogP contribution in [-0.4, -0.2) is 11.8 Å². The van der Waals surface area contributed by atoms with Crippen molar-refractivity contribution in [2.45, 2.75) is 46.5 Å². The molecule has 2 aromatic carbocycles. The van der Waals surface area contributed by atoms with Gasteiger partial charge in [-0.1, -0.05) is 23.8 Å². The molecule has 154 valence electrons. The van der Waals surface area contributed by atoms with Crippen molar-refractivity contribution in [2.75, 3.05) is 10.6 Å². The third-order valence-corrected chi connectivity index (χ3v) is 6.91. The van der Waals surface area contributed by atoms with Gasteiger partial charge in [0.15, 0.2) is 0 Å². The van der Waals surface area contributed by atoms with Crippen LogP contribution in [0.4, 0.5) is 10.7 Å². The minimum Gasteiger partial charge on any atom is -0.322 e. The van der Waals surface area contributed by atoms with Crippen molar-refractivity contribution in [2.24, 2.45) is 0 Å². The van der Waals surface area contributed by atoms with Crippen LogP contribution >= 0.6 is 11.3 Å². The van der Waals surface area contributed by atoms with E-state index in [4.69, 9.17) is 0 Å². The standard InChI is InChI=1S/C25H26N2O2S/c1-15-8-11-18(12-9-15)23(28)27-25-22(20-6-4-5-7-21(20)30-25)24(29)26-19-13-10-16(2)17(3)14-19/h8-14H,4-7H2,1-3H3,(H,26,29)(H,27,28). The molecule has 30 heavy (non-hydrogen) atoms. The number of carbonyl (C=O) groups is 2. The highest BCUT2D eigenvalue weighted by atomic mass is 32.1. The minimum atomic E-state index is -0.186. The SMILES string of the molecule is Cc1ccc(C(=O)Nc2sc3c(c2C(=O)Nc2ccc(C)c(C)c2)CCCC3)cc1. The van der Waals surface area contributed by atoms with Crippen LogP contribution in [0.1, 0.15) is 60.7 Å². The highest BCUT2D eigenvalue weighted by Gasteiger charge is 2.26. The van der Waals surface area contributed by atoms with Crippen molar-refractivity contribution >= 4 is 33.8 Å². The number of rotatable bonds is 4. The van der Waals surface area contributed by atoms with Crippen molar-refractivity contribution in [3.63, 3.8) is 0 Å². The fraction of sp³-hybridized carbons (Fsp3) is 0.280. The first-order valence-corrected chi connectivity index (χ1v) is 11.1. The summed E-state index contributed by atoms with van der Waals surface area (Å²) in [4.78, 5) is 27.3. The zero-order valence-electron chi connectivity index (χ0n) is 17.6.